The third kappa shape index (κ3) is 6.39. The molecule has 0 spiro atoms. The molecule has 0 aliphatic carbocycles. The molecule has 0 amide bonds. The fraction of sp³-hybridized carbons (Fsp3) is 0. The number of benzene rings is 9. The standard InChI is InChI=1S/C59H34N6O/c60-35-42-18-7-9-20-44(42)39-26-29-52-49(32-39)50-33-40(45-21-10-8-19-43(45)36-61)27-30-53(50)65(52)54-31-28-41(46-23-13-24-48-47-22-11-12-25-55(47)66-56(46)48)34-51(54)59-63-57(37-14-3-1-4-15-37)62-58(64-59)38-16-5-2-6-17-38/h1-34H. The Morgan fingerprint density at radius 1 is 0.364 bits per heavy atom. The number of nitrogens with zero attached hydrogens (tertiary/aromatic N) is 6. The highest BCUT2D eigenvalue weighted by atomic mass is 16.3. The SMILES string of the molecule is N#Cc1ccccc1-c1ccc2c(c1)c1cc(-c3ccccc3C#N)ccc1n2-c1ccc(-c2cccc3c2oc2ccccc23)cc1-c1nc(-c2ccccc2)nc(-c2ccccc2)n1. The molecule has 7 nitrogen and oxygen atoms in total. The number of fused-ring (bicyclic) bond motifs is 6. The average molecular weight is 843 g/mol. The number of hydrogen-bond donors (Lipinski definition) is 0. The molecule has 3 aromatic heterocycles. The van der Waals surface area contributed by atoms with E-state index in [1.54, 1.807) is 0 Å². The smallest absolute Gasteiger partial charge is 0.166 e. The monoisotopic (exact) mass is 842 g/mol. The van der Waals surface area contributed by atoms with Gasteiger partial charge in [-0.3, -0.25) is 0 Å². The predicted octanol–water partition coefficient (Wildman–Crippen LogP) is 14.6. The van der Waals surface area contributed by atoms with Crippen molar-refractivity contribution in [2.24, 2.45) is 0 Å². The van der Waals surface area contributed by atoms with E-state index in [1.807, 2.05) is 127 Å². The molecule has 0 N–H and O–H groups in total. The molecule has 0 bridgehead atoms. The molecule has 7 heteroatoms. The van der Waals surface area contributed by atoms with Gasteiger partial charge in [-0.25, -0.2) is 15.0 Å². The van der Waals surface area contributed by atoms with Gasteiger partial charge in [-0.15, -0.1) is 0 Å². The normalized spacial score (nSPS) is 11.3. The van der Waals surface area contributed by atoms with Crippen LogP contribution in [0.4, 0.5) is 0 Å². The lowest BCUT2D eigenvalue weighted by molar-refractivity contribution is 0.670. The first-order valence-corrected chi connectivity index (χ1v) is 21.6. The molecule has 0 atom stereocenters. The molecule has 0 aliphatic rings. The highest BCUT2D eigenvalue weighted by Crippen LogP contribution is 2.43. The number of para-hydroxylation sites is 2. The summed E-state index contributed by atoms with van der Waals surface area (Å²) >= 11 is 0. The highest BCUT2D eigenvalue weighted by Gasteiger charge is 2.23. The Bertz CT molecular complexity index is 3790. The van der Waals surface area contributed by atoms with E-state index >= 15 is 0 Å². The Morgan fingerprint density at radius 2 is 0.848 bits per heavy atom. The van der Waals surface area contributed by atoms with Crippen molar-refractivity contribution in [3.8, 4) is 85.4 Å². The Labute approximate surface area is 379 Å². The number of rotatable bonds is 7. The molecule has 0 unspecified atom stereocenters. The number of aromatic nitrogens is 4. The fourth-order valence-electron chi connectivity index (χ4n) is 9.26. The van der Waals surface area contributed by atoms with E-state index < -0.39 is 0 Å². The molecule has 0 saturated carbocycles. The van der Waals surface area contributed by atoms with Crippen LogP contribution in [0.25, 0.3) is 117 Å². The molecular weight excluding hydrogens is 809 g/mol. The molecule has 12 aromatic rings. The van der Waals surface area contributed by atoms with Crippen molar-refractivity contribution in [1.29, 1.82) is 10.5 Å². The van der Waals surface area contributed by atoms with Crippen molar-refractivity contribution < 1.29 is 4.42 Å². The van der Waals surface area contributed by atoms with Crippen LogP contribution in [0, 0.1) is 22.7 Å². The van der Waals surface area contributed by atoms with Crippen LogP contribution in [0.2, 0.25) is 0 Å². The van der Waals surface area contributed by atoms with Crippen molar-refractivity contribution >= 4 is 43.7 Å². The van der Waals surface area contributed by atoms with Crippen LogP contribution in [0.15, 0.2) is 211 Å². The van der Waals surface area contributed by atoms with E-state index in [4.69, 9.17) is 19.4 Å². The van der Waals surface area contributed by atoms with Gasteiger partial charge in [0.05, 0.1) is 40.0 Å². The molecular formula is C59H34N6O. The minimum absolute atomic E-state index is 0.505. The summed E-state index contributed by atoms with van der Waals surface area (Å²) in [7, 11) is 0. The first-order valence-electron chi connectivity index (χ1n) is 21.6. The average Bonchev–Trinajstić information content (AvgIpc) is 3.94. The quantitative estimate of drug-likeness (QED) is 0.158. The van der Waals surface area contributed by atoms with Crippen LogP contribution in [-0.2, 0) is 0 Å². The summed E-state index contributed by atoms with van der Waals surface area (Å²) in [5, 5.41) is 24.4. The molecule has 3 heterocycles. The Balaban J connectivity index is 1.17. The minimum Gasteiger partial charge on any atom is -0.455 e. The zero-order valence-electron chi connectivity index (χ0n) is 35.2. The van der Waals surface area contributed by atoms with E-state index in [1.165, 1.54) is 0 Å². The summed E-state index contributed by atoms with van der Waals surface area (Å²) in [6, 6.07) is 73.8. The van der Waals surface area contributed by atoms with Crippen LogP contribution in [0.3, 0.4) is 0 Å². The topological polar surface area (TPSA) is 104 Å². The van der Waals surface area contributed by atoms with Gasteiger partial charge in [-0.1, -0.05) is 152 Å². The maximum absolute atomic E-state index is 10.2. The van der Waals surface area contributed by atoms with Gasteiger partial charge in [0.2, 0.25) is 0 Å². The van der Waals surface area contributed by atoms with Gasteiger partial charge in [0.1, 0.15) is 11.2 Å². The maximum Gasteiger partial charge on any atom is 0.166 e. The van der Waals surface area contributed by atoms with Crippen molar-refractivity contribution in [1.82, 2.24) is 19.5 Å². The molecule has 0 radical (unpaired) electrons. The van der Waals surface area contributed by atoms with Gasteiger partial charge in [-0.05, 0) is 82.4 Å². The van der Waals surface area contributed by atoms with Crippen molar-refractivity contribution in [2.75, 3.05) is 0 Å². The van der Waals surface area contributed by atoms with Crippen molar-refractivity contribution in [2.45, 2.75) is 0 Å². The predicted molar refractivity (Wildman–Crippen MR) is 263 cm³/mol. The number of nitriles is 2. The van der Waals surface area contributed by atoms with Gasteiger partial charge in [-0.2, -0.15) is 10.5 Å². The second kappa shape index (κ2) is 15.7. The summed E-state index contributed by atoms with van der Waals surface area (Å²) < 4.78 is 8.87. The molecule has 66 heavy (non-hydrogen) atoms. The summed E-state index contributed by atoms with van der Waals surface area (Å²) in [5.74, 6) is 1.61. The van der Waals surface area contributed by atoms with Gasteiger partial charge < -0.3 is 8.98 Å². The van der Waals surface area contributed by atoms with Crippen LogP contribution < -0.4 is 0 Å². The first kappa shape index (κ1) is 38.3. The summed E-state index contributed by atoms with van der Waals surface area (Å²) in [6.45, 7) is 0. The van der Waals surface area contributed by atoms with Gasteiger partial charge in [0, 0.05) is 43.8 Å². The zero-order valence-corrected chi connectivity index (χ0v) is 35.2. The van der Waals surface area contributed by atoms with E-state index in [-0.39, 0.29) is 0 Å². The summed E-state index contributed by atoms with van der Waals surface area (Å²) in [5.41, 5.74) is 13.5. The second-order valence-corrected chi connectivity index (χ2v) is 16.2. The van der Waals surface area contributed by atoms with Gasteiger partial charge in [0.25, 0.3) is 0 Å². The van der Waals surface area contributed by atoms with E-state index in [0.29, 0.717) is 28.6 Å². The van der Waals surface area contributed by atoms with Crippen LogP contribution >= 0.6 is 0 Å². The first-order chi connectivity index (χ1) is 32.6. The largest absolute Gasteiger partial charge is 0.455 e. The van der Waals surface area contributed by atoms with E-state index in [9.17, 15) is 10.5 Å². The van der Waals surface area contributed by atoms with Crippen LogP contribution in [-0.4, -0.2) is 19.5 Å². The zero-order chi connectivity index (χ0) is 44.1. The Kier molecular flexibility index (Phi) is 9.12. The minimum atomic E-state index is 0.505. The molecule has 0 saturated heterocycles. The highest BCUT2D eigenvalue weighted by molar-refractivity contribution is 6.13. The Morgan fingerprint density at radius 3 is 1.45 bits per heavy atom. The van der Waals surface area contributed by atoms with Crippen molar-refractivity contribution in [3.63, 3.8) is 0 Å². The third-order valence-electron chi connectivity index (χ3n) is 12.4. The number of furan rings is 1. The van der Waals surface area contributed by atoms with Gasteiger partial charge >= 0.3 is 0 Å². The maximum atomic E-state index is 10.2. The summed E-state index contributed by atoms with van der Waals surface area (Å²) in [4.78, 5) is 15.6. The molecule has 0 aliphatic heterocycles. The lowest BCUT2D eigenvalue weighted by Crippen LogP contribution is -2.04. The molecule has 12 rings (SSSR count). The fourth-order valence-corrected chi connectivity index (χ4v) is 9.26. The van der Waals surface area contributed by atoms with E-state index in [2.05, 4.69) is 95.6 Å². The summed E-state index contributed by atoms with van der Waals surface area (Å²) in [6.07, 6.45) is 0. The Hall–Kier alpha value is -9.43. The number of hydrogen-bond acceptors (Lipinski definition) is 6. The van der Waals surface area contributed by atoms with Crippen LogP contribution in [0.5, 0.6) is 0 Å². The van der Waals surface area contributed by atoms with Crippen LogP contribution in [0.1, 0.15) is 11.1 Å². The molecule has 9 aromatic carbocycles. The van der Waals surface area contributed by atoms with E-state index in [0.717, 1.165) is 99.5 Å². The third-order valence-corrected chi connectivity index (χ3v) is 12.4. The lowest BCUT2D eigenvalue weighted by Gasteiger charge is -2.17. The van der Waals surface area contributed by atoms with Crippen molar-refractivity contribution in [3.05, 3.63) is 217 Å². The lowest BCUT2D eigenvalue weighted by atomic mass is 9.96. The second-order valence-electron chi connectivity index (χ2n) is 16.2. The molecule has 0 fully saturated rings. The van der Waals surface area contributed by atoms with Gasteiger partial charge in [0.15, 0.2) is 17.5 Å². The molecule has 306 valence electrons.